The first-order chi connectivity index (χ1) is 12.1. The fraction of sp³-hybridized carbons (Fsp3) is 0.700. The van der Waals surface area contributed by atoms with Crippen LogP contribution in [0.2, 0.25) is 0 Å². The van der Waals surface area contributed by atoms with E-state index in [-0.39, 0.29) is 29.5 Å². The summed E-state index contributed by atoms with van der Waals surface area (Å²) in [6, 6.07) is 5.28. The number of halogens is 1. The number of hydrogen-bond donors (Lipinski definition) is 2. The molecule has 150 valence electrons. The number of unbranched alkanes of at least 4 members (excludes halogenated alkanes) is 4. The summed E-state index contributed by atoms with van der Waals surface area (Å²) in [4.78, 5) is 15.9. The summed E-state index contributed by atoms with van der Waals surface area (Å²) >= 11 is 0. The van der Waals surface area contributed by atoms with Crippen LogP contribution in [-0.2, 0) is 6.54 Å². The van der Waals surface area contributed by atoms with E-state index in [2.05, 4.69) is 29.5 Å². The first-order valence-corrected chi connectivity index (χ1v) is 9.73. The van der Waals surface area contributed by atoms with Gasteiger partial charge in [-0.25, -0.2) is 0 Å². The third kappa shape index (κ3) is 12.3. The molecule has 1 rings (SSSR count). The van der Waals surface area contributed by atoms with E-state index in [1.54, 1.807) is 16.7 Å². The molecule has 0 bridgehead atoms. The van der Waals surface area contributed by atoms with Gasteiger partial charge in [0, 0.05) is 38.9 Å². The minimum atomic E-state index is 0. The van der Waals surface area contributed by atoms with Crippen molar-refractivity contribution < 1.29 is 0 Å². The summed E-state index contributed by atoms with van der Waals surface area (Å²) in [7, 11) is 1.81. The number of guanidine groups is 1. The fourth-order valence-corrected chi connectivity index (χ4v) is 2.72. The second-order valence-electron chi connectivity index (χ2n) is 6.96. The van der Waals surface area contributed by atoms with E-state index < -0.39 is 0 Å². The molecule has 2 N–H and O–H groups in total. The third-order valence-corrected chi connectivity index (χ3v) is 4.24. The van der Waals surface area contributed by atoms with Crippen LogP contribution in [0.5, 0.6) is 0 Å². The summed E-state index contributed by atoms with van der Waals surface area (Å²) in [5, 5.41) is 6.71. The van der Waals surface area contributed by atoms with Gasteiger partial charge in [0.15, 0.2) is 5.96 Å². The Morgan fingerprint density at radius 3 is 2.31 bits per heavy atom. The van der Waals surface area contributed by atoms with E-state index in [1.807, 2.05) is 19.3 Å². The zero-order valence-corrected chi connectivity index (χ0v) is 19.0. The lowest BCUT2D eigenvalue weighted by Gasteiger charge is -2.12. The summed E-state index contributed by atoms with van der Waals surface area (Å²) in [6.45, 7) is 7.19. The van der Waals surface area contributed by atoms with Crippen LogP contribution in [0.1, 0.15) is 58.8 Å². The highest BCUT2D eigenvalue weighted by atomic mass is 127. The number of aromatic nitrogens is 1. The van der Waals surface area contributed by atoms with E-state index in [9.17, 15) is 4.79 Å². The molecule has 0 amide bonds. The topological polar surface area (TPSA) is 58.4 Å². The SMILES string of the molecule is CN=C(NCCCCCCC(C)C)NCCCCn1ccccc1=O.I. The van der Waals surface area contributed by atoms with Crippen molar-refractivity contribution in [2.45, 2.75) is 65.3 Å². The normalized spacial score (nSPS) is 11.3. The maximum Gasteiger partial charge on any atom is 0.250 e. The number of hydrogen-bond acceptors (Lipinski definition) is 2. The van der Waals surface area contributed by atoms with Gasteiger partial charge in [-0.1, -0.05) is 45.6 Å². The van der Waals surface area contributed by atoms with Crippen LogP contribution in [0.4, 0.5) is 0 Å². The Hall–Kier alpha value is -1.05. The molecule has 0 spiro atoms. The quantitative estimate of drug-likeness (QED) is 0.207. The maximum absolute atomic E-state index is 11.6. The number of rotatable bonds is 12. The number of aliphatic imine (C=N–C) groups is 1. The monoisotopic (exact) mass is 476 g/mol. The molecule has 0 unspecified atom stereocenters. The van der Waals surface area contributed by atoms with Gasteiger partial charge in [-0.05, 0) is 31.2 Å². The molecule has 0 saturated carbocycles. The molecule has 1 aromatic rings. The largest absolute Gasteiger partial charge is 0.356 e. The predicted molar refractivity (Wildman–Crippen MR) is 123 cm³/mol. The van der Waals surface area contributed by atoms with Gasteiger partial charge in [0.1, 0.15) is 0 Å². The highest BCUT2D eigenvalue weighted by Crippen LogP contribution is 2.08. The van der Waals surface area contributed by atoms with E-state index >= 15 is 0 Å². The van der Waals surface area contributed by atoms with Crippen LogP contribution in [0.15, 0.2) is 34.2 Å². The van der Waals surface area contributed by atoms with Crippen molar-refractivity contribution in [3.63, 3.8) is 0 Å². The molecule has 6 heteroatoms. The van der Waals surface area contributed by atoms with Gasteiger partial charge in [-0.15, -0.1) is 24.0 Å². The van der Waals surface area contributed by atoms with Crippen LogP contribution >= 0.6 is 24.0 Å². The molecule has 0 radical (unpaired) electrons. The Kier molecular flexibility index (Phi) is 15.5. The van der Waals surface area contributed by atoms with Gasteiger partial charge >= 0.3 is 0 Å². The fourth-order valence-electron chi connectivity index (χ4n) is 2.72. The number of aryl methyl sites for hydroxylation is 1. The van der Waals surface area contributed by atoms with Crippen LogP contribution < -0.4 is 16.2 Å². The molecular weight excluding hydrogens is 439 g/mol. The summed E-state index contributed by atoms with van der Waals surface area (Å²) in [5.74, 6) is 1.70. The van der Waals surface area contributed by atoms with Crippen LogP contribution in [0.3, 0.4) is 0 Å². The van der Waals surface area contributed by atoms with E-state index in [0.29, 0.717) is 0 Å². The predicted octanol–water partition coefficient (Wildman–Crippen LogP) is 4.02. The summed E-state index contributed by atoms with van der Waals surface area (Å²) in [6.07, 6.45) is 10.3. The zero-order valence-electron chi connectivity index (χ0n) is 16.7. The van der Waals surface area contributed by atoms with Crippen LogP contribution in [0, 0.1) is 5.92 Å². The molecule has 0 fully saturated rings. The molecule has 26 heavy (non-hydrogen) atoms. The smallest absolute Gasteiger partial charge is 0.250 e. The first-order valence-electron chi connectivity index (χ1n) is 9.73. The number of nitrogens with zero attached hydrogens (tertiary/aromatic N) is 2. The Bertz CT molecular complexity index is 543. The Labute approximate surface area is 176 Å². The van der Waals surface area contributed by atoms with Gasteiger partial charge in [0.25, 0.3) is 0 Å². The van der Waals surface area contributed by atoms with Gasteiger partial charge in [-0.2, -0.15) is 0 Å². The van der Waals surface area contributed by atoms with Crippen LogP contribution in [-0.4, -0.2) is 30.7 Å². The van der Waals surface area contributed by atoms with Crippen molar-refractivity contribution in [1.29, 1.82) is 0 Å². The van der Waals surface area contributed by atoms with Crippen molar-refractivity contribution >= 4 is 29.9 Å². The minimum Gasteiger partial charge on any atom is -0.356 e. The highest BCUT2D eigenvalue weighted by Gasteiger charge is 1.99. The van der Waals surface area contributed by atoms with Crippen molar-refractivity contribution in [1.82, 2.24) is 15.2 Å². The van der Waals surface area contributed by atoms with Gasteiger partial charge < -0.3 is 15.2 Å². The van der Waals surface area contributed by atoms with Gasteiger partial charge in [-0.3, -0.25) is 9.79 Å². The lowest BCUT2D eigenvalue weighted by atomic mass is 10.0. The molecule has 1 aromatic heterocycles. The summed E-state index contributed by atoms with van der Waals surface area (Å²) < 4.78 is 1.76. The molecule has 5 nitrogen and oxygen atoms in total. The zero-order chi connectivity index (χ0) is 18.3. The van der Waals surface area contributed by atoms with Crippen molar-refractivity contribution in [2.24, 2.45) is 10.9 Å². The average molecular weight is 476 g/mol. The molecular formula is C20H37IN4O. The van der Waals surface area contributed by atoms with Crippen molar-refractivity contribution in [3.8, 4) is 0 Å². The molecule has 0 aromatic carbocycles. The highest BCUT2D eigenvalue weighted by molar-refractivity contribution is 14.0. The van der Waals surface area contributed by atoms with Gasteiger partial charge in [0.2, 0.25) is 5.56 Å². The van der Waals surface area contributed by atoms with Crippen molar-refractivity contribution in [3.05, 3.63) is 34.7 Å². The van der Waals surface area contributed by atoms with Gasteiger partial charge in [0.05, 0.1) is 0 Å². The van der Waals surface area contributed by atoms with E-state index in [4.69, 9.17) is 0 Å². The standard InChI is InChI=1S/C20H36N4O.HI/c1-18(2)12-6-4-5-8-14-22-20(21-3)23-15-9-11-17-24-16-10-7-13-19(24)25;/h7,10,13,16,18H,4-6,8-9,11-12,14-15,17H2,1-3H3,(H2,21,22,23);1H. The number of pyridine rings is 1. The molecule has 0 aliphatic carbocycles. The second-order valence-corrected chi connectivity index (χ2v) is 6.96. The van der Waals surface area contributed by atoms with Crippen molar-refractivity contribution in [2.75, 3.05) is 20.1 Å². The summed E-state index contributed by atoms with van der Waals surface area (Å²) in [5.41, 5.74) is 0.0707. The second kappa shape index (κ2) is 16.1. The number of nitrogens with one attached hydrogen (secondary N) is 2. The Balaban J connectivity index is 0.00000625. The molecule has 0 aliphatic heterocycles. The average Bonchev–Trinajstić information content (AvgIpc) is 2.60. The first kappa shape index (κ1) is 24.9. The molecule has 1 heterocycles. The molecule has 0 saturated heterocycles. The van der Waals surface area contributed by atoms with E-state index in [1.165, 1.54) is 32.1 Å². The third-order valence-electron chi connectivity index (χ3n) is 4.24. The molecule has 0 atom stereocenters. The lowest BCUT2D eigenvalue weighted by Crippen LogP contribution is -2.38. The van der Waals surface area contributed by atoms with Crippen LogP contribution in [0.25, 0.3) is 0 Å². The van der Waals surface area contributed by atoms with E-state index in [0.717, 1.165) is 44.4 Å². The Morgan fingerprint density at radius 2 is 1.69 bits per heavy atom. The molecule has 0 aliphatic rings. The minimum absolute atomic E-state index is 0. The Morgan fingerprint density at radius 1 is 1.04 bits per heavy atom. The lowest BCUT2D eigenvalue weighted by molar-refractivity contribution is 0.518. The maximum atomic E-state index is 11.6.